The highest BCUT2D eigenvalue weighted by Gasteiger charge is 2.62. The third kappa shape index (κ3) is 5.68. The molecule has 0 aromatic rings. The molecule has 184 valence electrons. The smallest absolute Gasteiger partial charge is 0.408 e. The van der Waals surface area contributed by atoms with Crippen molar-refractivity contribution in [3.8, 4) is 0 Å². The fraction of sp³-hybridized carbons (Fsp3) is 0.750. The number of nitrogens with zero attached hydrogens (tertiary/aromatic N) is 1. The number of carbonyl (C=O) groups is 4. The quantitative estimate of drug-likeness (QED) is 0.488. The van der Waals surface area contributed by atoms with Crippen LogP contribution >= 0.6 is 0 Å². The summed E-state index contributed by atoms with van der Waals surface area (Å²) in [6, 6.07) is -1.50. The molecule has 3 amide bonds. The maximum Gasteiger partial charge on any atom is 0.408 e. The number of nitrogens with one attached hydrogen (secondary N) is 2. The normalized spacial score (nSPS) is 32.9. The zero-order valence-electron chi connectivity index (χ0n) is 20.3. The summed E-state index contributed by atoms with van der Waals surface area (Å²) in [4.78, 5) is 53.5. The van der Waals surface area contributed by atoms with E-state index < -0.39 is 35.3 Å². The van der Waals surface area contributed by atoms with E-state index in [1.54, 1.807) is 32.6 Å². The number of allylic oxidation sites excluding steroid dienone is 1. The van der Waals surface area contributed by atoms with Crippen LogP contribution in [-0.4, -0.2) is 65.2 Å². The van der Waals surface area contributed by atoms with Crippen LogP contribution in [0.2, 0.25) is 0 Å². The maximum absolute atomic E-state index is 13.5. The average molecular weight is 464 g/mol. The van der Waals surface area contributed by atoms with Gasteiger partial charge in [0.1, 0.15) is 23.2 Å². The molecule has 0 spiro atoms. The van der Waals surface area contributed by atoms with Gasteiger partial charge in [0.05, 0.1) is 6.61 Å². The van der Waals surface area contributed by atoms with Gasteiger partial charge in [0.15, 0.2) is 0 Å². The van der Waals surface area contributed by atoms with Gasteiger partial charge in [-0.3, -0.25) is 9.59 Å². The largest absolute Gasteiger partial charge is 0.464 e. The van der Waals surface area contributed by atoms with Gasteiger partial charge in [-0.15, -0.1) is 0 Å². The van der Waals surface area contributed by atoms with Crippen LogP contribution in [0.1, 0.15) is 66.7 Å². The zero-order chi connectivity index (χ0) is 24.4. The first-order chi connectivity index (χ1) is 15.5. The second-order valence-electron chi connectivity index (χ2n) is 10.2. The number of carbonyl (C=O) groups excluding carboxylic acids is 4. The van der Waals surface area contributed by atoms with E-state index >= 15 is 0 Å². The summed E-state index contributed by atoms with van der Waals surface area (Å²) in [7, 11) is 0. The van der Waals surface area contributed by atoms with Crippen LogP contribution in [0.15, 0.2) is 12.2 Å². The average Bonchev–Trinajstić information content (AvgIpc) is 3.23. The summed E-state index contributed by atoms with van der Waals surface area (Å²) >= 11 is 0. The lowest BCUT2D eigenvalue weighted by atomic mass is 10.0. The molecule has 2 heterocycles. The van der Waals surface area contributed by atoms with E-state index in [2.05, 4.69) is 10.6 Å². The number of alkyl carbamates (subject to hydrolysis) is 1. The Morgan fingerprint density at radius 1 is 1.27 bits per heavy atom. The summed E-state index contributed by atoms with van der Waals surface area (Å²) in [6.45, 7) is 9.71. The van der Waals surface area contributed by atoms with Gasteiger partial charge in [0.2, 0.25) is 11.8 Å². The van der Waals surface area contributed by atoms with E-state index in [1.165, 1.54) is 0 Å². The van der Waals surface area contributed by atoms with E-state index in [0.717, 1.165) is 6.42 Å². The number of amides is 3. The monoisotopic (exact) mass is 463 g/mol. The molecule has 0 radical (unpaired) electrons. The van der Waals surface area contributed by atoms with Gasteiger partial charge in [-0.1, -0.05) is 25.5 Å². The molecular formula is C24H37N3O6. The number of rotatable bonds is 4. The first-order valence-corrected chi connectivity index (χ1v) is 12.0. The molecule has 1 saturated heterocycles. The SMILES string of the molecule is CCOC(=O)[C@@]12C[C@H]1/C=C\CC[C@H](NC(=O)OC(C)(C)C)C(=O)N1C[C@H](CC)C[C@H]1C(=O)N2. The topological polar surface area (TPSA) is 114 Å². The molecule has 5 atom stereocenters. The lowest BCUT2D eigenvalue weighted by molar-refractivity contribution is -0.150. The number of ether oxygens (including phenoxy) is 2. The molecule has 0 aromatic heterocycles. The Morgan fingerprint density at radius 2 is 2.00 bits per heavy atom. The predicted molar refractivity (Wildman–Crippen MR) is 121 cm³/mol. The number of hydrogen-bond acceptors (Lipinski definition) is 6. The van der Waals surface area contributed by atoms with Crippen molar-refractivity contribution in [2.24, 2.45) is 11.8 Å². The minimum absolute atomic E-state index is 0.148. The van der Waals surface area contributed by atoms with Gasteiger partial charge >= 0.3 is 12.1 Å². The maximum atomic E-state index is 13.5. The van der Waals surface area contributed by atoms with Crippen LogP contribution in [0.25, 0.3) is 0 Å². The molecule has 9 heteroatoms. The van der Waals surface area contributed by atoms with Crippen molar-refractivity contribution in [1.82, 2.24) is 15.5 Å². The fourth-order valence-corrected chi connectivity index (χ4v) is 4.65. The predicted octanol–water partition coefficient (Wildman–Crippen LogP) is 2.29. The molecular weight excluding hydrogens is 426 g/mol. The molecule has 9 nitrogen and oxygen atoms in total. The van der Waals surface area contributed by atoms with E-state index in [0.29, 0.717) is 32.2 Å². The fourth-order valence-electron chi connectivity index (χ4n) is 4.65. The summed E-state index contributed by atoms with van der Waals surface area (Å²) in [5.41, 5.74) is -1.75. The molecule has 3 rings (SSSR count). The minimum atomic E-state index is -1.06. The van der Waals surface area contributed by atoms with Crippen molar-refractivity contribution in [1.29, 1.82) is 0 Å². The molecule has 0 unspecified atom stereocenters. The zero-order valence-corrected chi connectivity index (χ0v) is 20.3. The van der Waals surface area contributed by atoms with Gasteiger partial charge in [0.25, 0.3) is 0 Å². The Bertz CT molecular complexity index is 820. The highest BCUT2D eigenvalue weighted by atomic mass is 16.6. The highest BCUT2D eigenvalue weighted by molar-refractivity contribution is 5.96. The van der Waals surface area contributed by atoms with Gasteiger partial charge in [-0.2, -0.15) is 0 Å². The van der Waals surface area contributed by atoms with Crippen molar-refractivity contribution in [3.05, 3.63) is 12.2 Å². The van der Waals surface area contributed by atoms with Gasteiger partial charge in [-0.05, 0) is 59.3 Å². The van der Waals surface area contributed by atoms with E-state index in [1.807, 2.05) is 19.1 Å². The van der Waals surface area contributed by atoms with Gasteiger partial charge in [0, 0.05) is 12.5 Å². The van der Waals surface area contributed by atoms with E-state index in [4.69, 9.17) is 9.47 Å². The summed E-state index contributed by atoms with van der Waals surface area (Å²) < 4.78 is 10.6. The van der Waals surface area contributed by atoms with Crippen molar-refractivity contribution < 1.29 is 28.7 Å². The Kier molecular flexibility index (Phi) is 7.39. The van der Waals surface area contributed by atoms with Crippen molar-refractivity contribution >= 4 is 23.9 Å². The third-order valence-electron chi connectivity index (χ3n) is 6.53. The van der Waals surface area contributed by atoms with Gasteiger partial charge < -0.3 is 25.0 Å². The molecule has 2 fully saturated rings. The lowest BCUT2D eigenvalue weighted by Gasteiger charge is -2.30. The highest BCUT2D eigenvalue weighted by Crippen LogP contribution is 2.46. The first kappa shape index (κ1) is 25.1. The lowest BCUT2D eigenvalue weighted by Crippen LogP contribution is -2.57. The minimum Gasteiger partial charge on any atom is -0.464 e. The third-order valence-corrected chi connectivity index (χ3v) is 6.53. The second-order valence-corrected chi connectivity index (χ2v) is 10.2. The molecule has 3 aliphatic rings. The number of fused-ring (bicyclic) bond motifs is 2. The molecule has 1 aliphatic carbocycles. The van der Waals surface area contributed by atoms with Crippen LogP contribution in [0, 0.1) is 11.8 Å². The summed E-state index contributed by atoms with van der Waals surface area (Å²) in [5, 5.41) is 5.63. The van der Waals surface area contributed by atoms with Crippen molar-refractivity contribution in [2.75, 3.05) is 13.2 Å². The molecule has 0 aromatic carbocycles. The summed E-state index contributed by atoms with van der Waals surface area (Å²) in [5.74, 6) is -1.06. The molecule has 33 heavy (non-hydrogen) atoms. The Hall–Kier alpha value is -2.58. The van der Waals surface area contributed by atoms with E-state index in [-0.39, 0.29) is 30.3 Å². The molecule has 0 bridgehead atoms. The van der Waals surface area contributed by atoms with Crippen LogP contribution in [0.4, 0.5) is 4.79 Å². The number of hydrogen-bond donors (Lipinski definition) is 2. The Labute approximate surface area is 195 Å². The standard InChI is InChI=1S/C24H37N3O6/c1-6-15-12-18-19(28)26-24(21(30)32-7-2)13-16(24)10-8-9-11-17(20(29)27(18)14-15)25-22(31)33-23(3,4)5/h8,10,15-18H,6-7,9,11-14H2,1-5H3,(H,25,31)(H,26,28)/b10-8-/t15-,16-,17+,18+,24-/m1/s1. The van der Waals surface area contributed by atoms with E-state index in [9.17, 15) is 19.2 Å². The summed E-state index contributed by atoms with van der Waals surface area (Å²) in [6.07, 6.45) is 5.86. The number of esters is 1. The van der Waals surface area contributed by atoms with Crippen LogP contribution in [0.3, 0.4) is 0 Å². The van der Waals surface area contributed by atoms with Crippen LogP contribution in [-0.2, 0) is 23.9 Å². The van der Waals surface area contributed by atoms with Crippen molar-refractivity contribution in [2.45, 2.75) is 89.9 Å². The Balaban J connectivity index is 1.87. The first-order valence-electron chi connectivity index (χ1n) is 12.0. The van der Waals surface area contributed by atoms with Crippen LogP contribution in [0.5, 0.6) is 0 Å². The van der Waals surface area contributed by atoms with Gasteiger partial charge in [-0.25, -0.2) is 9.59 Å². The molecule has 2 N–H and O–H groups in total. The Morgan fingerprint density at radius 3 is 2.64 bits per heavy atom. The second kappa shape index (κ2) is 9.73. The van der Waals surface area contributed by atoms with Crippen LogP contribution < -0.4 is 10.6 Å². The molecule has 1 saturated carbocycles. The molecule has 2 aliphatic heterocycles. The van der Waals surface area contributed by atoms with Crippen molar-refractivity contribution in [3.63, 3.8) is 0 Å².